The summed E-state index contributed by atoms with van der Waals surface area (Å²) in [5, 5.41) is 50.6. The van der Waals surface area contributed by atoms with Crippen molar-refractivity contribution in [3.63, 3.8) is 0 Å². The van der Waals surface area contributed by atoms with E-state index in [4.69, 9.17) is 9.47 Å². The lowest BCUT2D eigenvalue weighted by molar-refractivity contribution is -0.216. The molecule has 2 aliphatic heterocycles. The third kappa shape index (κ3) is 5.61. The van der Waals surface area contributed by atoms with E-state index in [0.717, 1.165) is 0 Å². The number of fused-ring (bicyclic) bond motifs is 3. The van der Waals surface area contributed by atoms with Crippen molar-refractivity contribution in [2.45, 2.75) is 63.9 Å². The molecule has 1 fully saturated rings. The number of carboxylic acids is 2. The quantitative estimate of drug-likeness (QED) is 0.221. The Labute approximate surface area is 273 Å². The Bertz CT molecular complexity index is 1900. The van der Waals surface area contributed by atoms with Crippen molar-refractivity contribution in [2.75, 3.05) is 0 Å². The molecular weight excluding hydrogens is 626 g/mol. The van der Waals surface area contributed by atoms with E-state index in [1.54, 1.807) is 19.9 Å². The number of rotatable bonds is 8. The van der Waals surface area contributed by atoms with Gasteiger partial charge in [0.15, 0.2) is 5.78 Å². The largest absolute Gasteiger partial charge is 0.507 e. The van der Waals surface area contributed by atoms with Crippen LogP contribution in [0.4, 0.5) is 0 Å². The summed E-state index contributed by atoms with van der Waals surface area (Å²) in [6.45, 7) is 3.06. The van der Waals surface area contributed by atoms with E-state index in [0.29, 0.717) is 11.1 Å². The molecule has 6 rings (SSSR count). The molecule has 5 atom stereocenters. The van der Waals surface area contributed by atoms with E-state index in [9.17, 15) is 49.5 Å². The van der Waals surface area contributed by atoms with Crippen molar-refractivity contribution in [3.8, 4) is 11.5 Å². The van der Waals surface area contributed by atoms with Gasteiger partial charge in [-0.3, -0.25) is 14.4 Å². The second-order valence-corrected chi connectivity index (χ2v) is 12.1. The molecule has 0 aromatic heterocycles. The van der Waals surface area contributed by atoms with Crippen LogP contribution in [0.15, 0.2) is 60.3 Å². The highest BCUT2D eigenvalue weighted by atomic mass is 16.7. The molecule has 0 bridgehead atoms. The molecule has 0 saturated carbocycles. The number of carbonyl (C=O) groups is 5. The number of hydrogen-bond donors (Lipinski definition) is 5. The molecule has 2 heterocycles. The first-order chi connectivity index (χ1) is 22.8. The van der Waals surface area contributed by atoms with Crippen molar-refractivity contribution in [1.82, 2.24) is 4.90 Å². The SMILES string of the molecule is Cc1cc(O)c2c(c1)C(CC(=O)C(=O)O)N(Cc1ccc(C(=O)O)cc1)C1=C2C(=O)c2cccc(OC3CC(O)C(O)C(C)O3)c2C1=O. The second kappa shape index (κ2) is 12.3. The molecule has 1 saturated heterocycles. The summed E-state index contributed by atoms with van der Waals surface area (Å²) in [5.74, 6) is -5.81. The summed E-state index contributed by atoms with van der Waals surface area (Å²) in [6, 6.07) is 11.9. The Hall–Kier alpha value is -5.37. The molecule has 0 radical (unpaired) electrons. The lowest BCUT2D eigenvalue weighted by Gasteiger charge is -2.43. The van der Waals surface area contributed by atoms with Crippen LogP contribution in [-0.2, 0) is 20.9 Å². The van der Waals surface area contributed by atoms with E-state index in [1.807, 2.05) is 0 Å². The van der Waals surface area contributed by atoms with Gasteiger partial charge in [0.2, 0.25) is 17.9 Å². The molecule has 13 heteroatoms. The summed E-state index contributed by atoms with van der Waals surface area (Å²) < 4.78 is 11.7. The van der Waals surface area contributed by atoms with E-state index in [-0.39, 0.29) is 63.6 Å². The van der Waals surface area contributed by atoms with Gasteiger partial charge in [-0.15, -0.1) is 0 Å². The number of carbonyl (C=O) groups excluding carboxylic acids is 3. The summed E-state index contributed by atoms with van der Waals surface area (Å²) in [6.07, 6.45) is -5.00. The molecule has 48 heavy (non-hydrogen) atoms. The minimum Gasteiger partial charge on any atom is -0.507 e. The summed E-state index contributed by atoms with van der Waals surface area (Å²) in [4.78, 5) is 66.6. The maximum atomic E-state index is 14.7. The summed E-state index contributed by atoms with van der Waals surface area (Å²) in [5.41, 5.74) is 0.720. The lowest BCUT2D eigenvalue weighted by Crippen LogP contribution is -2.48. The number of aryl methyl sites for hydroxylation is 1. The van der Waals surface area contributed by atoms with Gasteiger partial charge in [-0.2, -0.15) is 0 Å². The Kier molecular flexibility index (Phi) is 8.37. The minimum absolute atomic E-state index is 0.00248. The van der Waals surface area contributed by atoms with E-state index >= 15 is 0 Å². The fourth-order valence-electron chi connectivity index (χ4n) is 6.55. The van der Waals surface area contributed by atoms with Crippen molar-refractivity contribution < 1.29 is 59.0 Å². The zero-order valence-electron chi connectivity index (χ0n) is 25.7. The number of phenols is 1. The predicted octanol–water partition coefficient (Wildman–Crippen LogP) is 3.03. The van der Waals surface area contributed by atoms with Crippen LogP contribution in [0.1, 0.15) is 79.1 Å². The number of allylic oxidation sites excluding steroid dienone is 2. The van der Waals surface area contributed by atoms with Gasteiger partial charge in [-0.25, -0.2) is 9.59 Å². The Morgan fingerprint density at radius 2 is 1.69 bits per heavy atom. The second-order valence-electron chi connectivity index (χ2n) is 12.1. The van der Waals surface area contributed by atoms with E-state index in [1.165, 1.54) is 53.4 Å². The Balaban J connectivity index is 1.53. The molecule has 1 aliphatic carbocycles. The van der Waals surface area contributed by atoms with Gasteiger partial charge in [0.05, 0.1) is 40.6 Å². The fraction of sp³-hybridized carbons (Fsp3) is 0.286. The number of aromatic carboxylic acids is 1. The van der Waals surface area contributed by atoms with Crippen LogP contribution >= 0.6 is 0 Å². The first kappa shape index (κ1) is 32.6. The van der Waals surface area contributed by atoms with Crippen LogP contribution < -0.4 is 4.74 Å². The summed E-state index contributed by atoms with van der Waals surface area (Å²) >= 11 is 0. The lowest BCUT2D eigenvalue weighted by atomic mass is 9.76. The Morgan fingerprint density at radius 3 is 2.33 bits per heavy atom. The van der Waals surface area contributed by atoms with Gasteiger partial charge in [0, 0.05) is 30.5 Å². The molecule has 3 aromatic carbocycles. The normalized spacial score (nSPS) is 23.2. The predicted molar refractivity (Wildman–Crippen MR) is 165 cm³/mol. The van der Waals surface area contributed by atoms with Crippen molar-refractivity contribution in [2.24, 2.45) is 0 Å². The number of carboxylic acid groups (broad SMARTS) is 2. The van der Waals surface area contributed by atoms with Gasteiger partial charge >= 0.3 is 11.9 Å². The first-order valence-electron chi connectivity index (χ1n) is 15.1. The average molecular weight is 658 g/mol. The van der Waals surface area contributed by atoms with Gasteiger partial charge in [0.25, 0.3) is 0 Å². The van der Waals surface area contributed by atoms with Gasteiger partial charge in [-0.05, 0) is 54.8 Å². The molecule has 5 unspecified atom stereocenters. The van der Waals surface area contributed by atoms with Crippen molar-refractivity contribution >= 4 is 34.9 Å². The van der Waals surface area contributed by atoms with Crippen LogP contribution in [-0.4, -0.2) is 84.3 Å². The van der Waals surface area contributed by atoms with Crippen LogP contribution in [0.2, 0.25) is 0 Å². The highest BCUT2D eigenvalue weighted by Gasteiger charge is 2.47. The number of aliphatic hydroxyl groups is 2. The number of benzene rings is 3. The monoisotopic (exact) mass is 657 g/mol. The van der Waals surface area contributed by atoms with Gasteiger partial charge < -0.3 is 39.9 Å². The highest BCUT2D eigenvalue weighted by molar-refractivity contribution is 6.42. The molecular formula is C35H31NO12. The number of aliphatic carboxylic acids is 1. The maximum Gasteiger partial charge on any atom is 0.372 e. The molecule has 3 aliphatic rings. The number of aliphatic hydroxyl groups excluding tert-OH is 2. The average Bonchev–Trinajstić information content (AvgIpc) is 3.03. The number of phenolic OH excluding ortho intramolecular Hbond substituents is 1. The van der Waals surface area contributed by atoms with E-state index < -0.39 is 66.4 Å². The van der Waals surface area contributed by atoms with Gasteiger partial charge in [0.1, 0.15) is 17.6 Å². The van der Waals surface area contributed by atoms with E-state index in [2.05, 4.69) is 0 Å². The molecule has 0 spiro atoms. The highest BCUT2D eigenvalue weighted by Crippen LogP contribution is 2.50. The van der Waals surface area contributed by atoms with Crippen LogP contribution in [0, 0.1) is 6.92 Å². The van der Waals surface area contributed by atoms with Gasteiger partial charge in [-0.1, -0.05) is 30.3 Å². The minimum atomic E-state index is -1.71. The third-order valence-electron chi connectivity index (χ3n) is 8.85. The number of ether oxygens (including phenoxy) is 2. The van der Waals surface area contributed by atoms with Crippen molar-refractivity contribution in [1.29, 1.82) is 0 Å². The molecule has 13 nitrogen and oxygen atoms in total. The van der Waals surface area contributed by atoms with Crippen molar-refractivity contribution in [3.05, 3.63) is 99.2 Å². The molecule has 0 amide bonds. The van der Waals surface area contributed by atoms with Crippen LogP contribution in [0.3, 0.4) is 0 Å². The molecule has 3 aromatic rings. The summed E-state index contributed by atoms with van der Waals surface area (Å²) in [7, 11) is 0. The maximum absolute atomic E-state index is 14.7. The third-order valence-corrected chi connectivity index (χ3v) is 8.85. The van der Waals surface area contributed by atoms with Crippen LogP contribution in [0.5, 0.6) is 11.5 Å². The number of aromatic hydroxyl groups is 1. The number of nitrogens with zero attached hydrogens (tertiary/aromatic N) is 1. The van der Waals surface area contributed by atoms with Crippen LogP contribution in [0.25, 0.3) is 5.57 Å². The smallest absolute Gasteiger partial charge is 0.372 e. The molecule has 248 valence electrons. The zero-order chi connectivity index (χ0) is 34.6. The topological polar surface area (TPSA) is 208 Å². The number of hydrogen-bond acceptors (Lipinski definition) is 11. The number of Topliss-reactive ketones (excluding diaryl/α,β-unsaturated/α-hetero) is 3. The number of ketones is 3. The fourth-order valence-corrected chi connectivity index (χ4v) is 6.55. The Morgan fingerprint density at radius 1 is 0.979 bits per heavy atom. The zero-order valence-corrected chi connectivity index (χ0v) is 25.7. The first-order valence-corrected chi connectivity index (χ1v) is 15.1. The molecule has 5 N–H and O–H groups in total. The standard InChI is InChI=1S/C35H31NO12/c1-15-10-20-21(12-24(39)35(45)46)36(14-17-6-8-18(9-7-17)34(43)44)30-29(27(20)22(37)11-15)32(41)19-4-3-5-25(28(19)33(30)42)48-26-13-23(38)31(40)16(2)47-26/h3-11,16,21,23,26,31,37-38,40H,12-14H2,1-2H3,(H,43,44)(H,45,46).